The largest absolute Gasteiger partial charge is 0.360 e. The summed E-state index contributed by atoms with van der Waals surface area (Å²) in [7, 11) is 0. The van der Waals surface area contributed by atoms with Crippen molar-refractivity contribution in [3.05, 3.63) is 23.4 Å². The predicted octanol–water partition coefficient (Wildman–Crippen LogP) is 2.31. The second-order valence-electron chi connectivity index (χ2n) is 4.98. The first kappa shape index (κ1) is 12.4. The Morgan fingerprint density at radius 3 is 2.88 bits per heavy atom. The van der Waals surface area contributed by atoms with E-state index in [2.05, 4.69) is 5.32 Å². The molecule has 0 aromatic carbocycles. The van der Waals surface area contributed by atoms with Gasteiger partial charge in [0.2, 0.25) is 0 Å². The van der Waals surface area contributed by atoms with Crippen molar-refractivity contribution >= 4 is 23.7 Å². The highest BCUT2D eigenvalue weighted by Gasteiger charge is 2.41. The zero-order valence-corrected chi connectivity index (χ0v) is 10.8. The van der Waals surface area contributed by atoms with Crippen LogP contribution in [0.2, 0.25) is 0 Å². The minimum atomic E-state index is -1.18. The molecule has 0 aromatic rings. The van der Waals surface area contributed by atoms with Gasteiger partial charge in [-0.1, -0.05) is 25.4 Å². The fourth-order valence-electron chi connectivity index (χ4n) is 2.30. The standard InChI is InChI=1S/C13H16ClNO2/c1-3-12(2)6-5-10-9(11(12)17)4-7-13(14,8-16)15-10/h4,7-8,15H,3,5-6H2,1-2H3. The Bertz CT molecular complexity index is 441. The molecule has 3 nitrogen and oxygen atoms in total. The molecule has 92 valence electrons. The lowest BCUT2D eigenvalue weighted by atomic mass is 9.71. The molecule has 4 heteroatoms. The number of Topliss-reactive ketones (excluding diaryl/α,β-unsaturated/α-hetero) is 1. The van der Waals surface area contributed by atoms with Gasteiger partial charge in [0.05, 0.1) is 0 Å². The SMILES string of the molecule is CCC1(C)CCC2=C(C=CC(Cl)(C=O)N2)C1=O. The van der Waals surface area contributed by atoms with Gasteiger partial charge in [0.25, 0.3) is 0 Å². The van der Waals surface area contributed by atoms with Gasteiger partial charge in [0.1, 0.15) is 0 Å². The van der Waals surface area contributed by atoms with Crippen molar-refractivity contribution in [1.82, 2.24) is 5.32 Å². The number of ketones is 1. The maximum atomic E-state index is 12.3. The molecule has 2 atom stereocenters. The van der Waals surface area contributed by atoms with Crippen molar-refractivity contribution in [2.45, 2.75) is 38.1 Å². The van der Waals surface area contributed by atoms with Gasteiger partial charge in [0.15, 0.2) is 17.1 Å². The summed E-state index contributed by atoms with van der Waals surface area (Å²) in [5.74, 6) is 0.148. The van der Waals surface area contributed by atoms with E-state index >= 15 is 0 Å². The number of hydrogen-bond acceptors (Lipinski definition) is 3. The molecule has 0 fully saturated rings. The van der Waals surface area contributed by atoms with Gasteiger partial charge < -0.3 is 5.32 Å². The maximum absolute atomic E-state index is 12.3. The van der Waals surface area contributed by atoms with Crippen LogP contribution >= 0.6 is 11.6 Å². The second-order valence-corrected chi connectivity index (χ2v) is 5.61. The first-order valence-electron chi connectivity index (χ1n) is 5.85. The first-order valence-corrected chi connectivity index (χ1v) is 6.22. The van der Waals surface area contributed by atoms with E-state index in [4.69, 9.17) is 11.6 Å². The summed E-state index contributed by atoms with van der Waals surface area (Å²) in [6.45, 7) is 4.02. The molecule has 0 amide bonds. The van der Waals surface area contributed by atoms with Crippen LogP contribution < -0.4 is 5.32 Å². The van der Waals surface area contributed by atoms with Crippen LogP contribution in [0.15, 0.2) is 23.4 Å². The van der Waals surface area contributed by atoms with Crippen molar-refractivity contribution in [2.75, 3.05) is 0 Å². The smallest absolute Gasteiger partial charge is 0.187 e. The van der Waals surface area contributed by atoms with Gasteiger partial charge in [-0.3, -0.25) is 9.59 Å². The molecule has 1 heterocycles. The van der Waals surface area contributed by atoms with Gasteiger partial charge in [0, 0.05) is 16.7 Å². The minimum Gasteiger partial charge on any atom is -0.360 e. The predicted molar refractivity (Wildman–Crippen MR) is 66.6 cm³/mol. The molecule has 0 spiro atoms. The third-order valence-electron chi connectivity index (χ3n) is 3.83. The van der Waals surface area contributed by atoms with E-state index in [1.165, 1.54) is 0 Å². The number of carbonyl (C=O) groups excluding carboxylic acids is 2. The number of nitrogens with one attached hydrogen (secondary N) is 1. The molecule has 0 bridgehead atoms. The zero-order valence-electron chi connectivity index (χ0n) is 10.0. The van der Waals surface area contributed by atoms with E-state index in [0.29, 0.717) is 11.9 Å². The normalized spacial score (nSPS) is 36.5. The topological polar surface area (TPSA) is 46.2 Å². The van der Waals surface area contributed by atoms with Crippen molar-refractivity contribution < 1.29 is 9.59 Å². The molecule has 0 aromatic heterocycles. The molecule has 0 radical (unpaired) electrons. The Balaban J connectivity index is 2.35. The monoisotopic (exact) mass is 253 g/mol. The fourth-order valence-corrected chi connectivity index (χ4v) is 2.48. The maximum Gasteiger partial charge on any atom is 0.187 e. The fraction of sp³-hybridized carbons (Fsp3) is 0.538. The Hall–Kier alpha value is -1.09. The zero-order chi connectivity index (χ0) is 12.7. The molecule has 1 N–H and O–H groups in total. The number of hydrogen-bond donors (Lipinski definition) is 1. The highest BCUT2D eigenvalue weighted by Crippen LogP contribution is 2.40. The summed E-state index contributed by atoms with van der Waals surface area (Å²) >= 11 is 6.02. The quantitative estimate of drug-likeness (QED) is 0.467. The van der Waals surface area contributed by atoms with Crippen LogP contribution in [-0.2, 0) is 9.59 Å². The Labute approximate surface area is 106 Å². The summed E-state index contributed by atoms with van der Waals surface area (Å²) < 4.78 is 0. The van der Waals surface area contributed by atoms with E-state index < -0.39 is 5.00 Å². The Morgan fingerprint density at radius 2 is 2.29 bits per heavy atom. The van der Waals surface area contributed by atoms with Gasteiger partial charge in [-0.2, -0.15) is 0 Å². The number of dihydropyridines is 1. The van der Waals surface area contributed by atoms with Crippen LogP contribution in [0.1, 0.15) is 33.1 Å². The van der Waals surface area contributed by atoms with Gasteiger partial charge in [-0.25, -0.2) is 0 Å². The summed E-state index contributed by atoms with van der Waals surface area (Å²) in [5, 5.41) is 2.94. The van der Waals surface area contributed by atoms with E-state index in [-0.39, 0.29) is 11.2 Å². The number of rotatable bonds is 2. The Kier molecular flexibility index (Phi) is 2.90. The average molecular weight is 254 g/mol. The highest BCUT2D eigenvalue weighted by atomic mass is 35.5. The lowest BCUT2D eigenvalue weighted by molar-refractivity contribution is -0.125. The van der Waals surface area contributed by atoms with Crippen molar-refractivity contribution in [1.29, 1.82) is 0 Å². The van der Waals surface area contributed by atoms with Crippen LogP contribution in [0.3, 0.4) is 0 Å². The van der Waals surface area contributed by atoms with Gasteiger partial charge in [-0.05, 0) is 31.4 Å². The summed E-state index contributed by atoms with van der Waals surface area (Å²) in [5.41, 5.74) is 1.20. The lowest BCUT2D eigenvalue weighted by Crippen LogP contribution is -2.45. The van der Waals surface area contributed by atoms with Gasteiger partial charge in [-0.15, -0.1) is 0 Å². The van der Waals surface area contributed by atoms with Crippen LogP contribution in [0.25, 0.3) is 0 Å². The summed E-state index contributed by atoms with van der Waals surface area (Å²) in [6.07, 6.45) is 6.26. The molecule has 2 aliphatic rings. The van der Waals surface area contributed by atoms with E-state index in [1.807, 2.05) is 13.8 Å². The van der Waals surface area contributed by atoms with Gasteiger partial charge >= 0.3 is 0 Å². The van der Waals surface area contributed by atoms with Crippen molar-refractivity contribution in [2.24, 2.45) is 5.41 Å². The summed E-state index contributed by atoms with van der Waals surface area (Å²) in [4.78, 5) is 22.0. The lowest BCUT2D eigenvalue weighted by Gasteiger charge is -2.37. The molecular formula is C13H16ClNO2. The van der Waals surface area contributed by atoms with E-state index in [9.17, 15) is 9.59 Å². The highest BCUT2D eigenvalue weighted by molar-refractivity contribution is 6.33. The molecule has 2 rings (SSSR count). The third kappa shape index (κ3) is 1.93. The number of carbonyl (C=O) groups is 2. The molecule has 1 aliphatic carbocycles. The third-order valence-corrected chi connectivity index (χ3v) is 4.14. The molecule has 0 saturated heterocycles. The molecule has 2 unspecified atom stereocenters. The number of aldehydes is 1. The van der Waals surface area contributed by atoms with E-state index in [0.717, 1.165) is 25.0 Å². The summed E-state index contributed by atoms with van der Waals surface area (Å²) in [6, 6.07) is 0. The minimum absolute atomic E-state index is 0.148. The first-order chi connectivity index (χ1) is 7.94. The van der Waals surface area contributed by atoms with Crippen molar-refractivity contribution in [3.63, 3.8) is 0 Å². The molecule has 1 aliphatic heterocycles. The van der Waals surface area contributed by atoms with Crippen LogP contribution in [0.4, 0.5) is 0 Å². The average Bonchev–Trinajstić information content (AvgIpc) is 2.34. The van der Waals surface area contributed by atoms with Crippen LogP contribution in [0, 0.1) is 5.41 Å². The Morgan fingerprint density at radius 1 is 1.59 bits per heavy atom. The van der Waals surface area contributed by atoms with E-state index in [1.54, 1.807) is 12.2 Å². The van der Waals surface area contributed by atoms with Crippen molar-refractivity contribution in [3.8, 4) is 0 Å². The number of alkyl halides is 1. The molecular weight excluding hydrogens is 238 g/mol. The number of halogens is 1. The molecule has 0 saturated carbocycles. The number of allylic oxidation sites excluding steroid dienone is 3. The molecule has 17 heavy (non-hydrogen) atoms. The second kappa shape index (κ2) is 3.98. The van der Waals surface area contributed by atoms with Crippen LogP contribution in [0.5, 0.6) is 0 Å². The van der Waals surface area contributed by atoms with Crippen LogP contribution in [-0.4, -0.2) is 17.1 Å².